The molecule has 0 radical (unpaired) electrons. The fourth-order valence-electron chi connectivity index (χ4n) is 6.22. The number of hydrogen-bond donors (Lipinski definition) is 0. The summed E-state index contributed by atoms with van der Waals surface area (Å²) in [4.78, 5) is 31.8. The second-order valence-electron chi connectivity index (χ2n) is 9.52. The topological polar surface area (TPSA) is 43.9 Å². The number of likely N-dealkylation sites (tertiary alicyclic amines) is 3. The number of fused-ring (bicyclic) bond motifs is 2. The van der Waals surface area contributed by atoms with Crippen molar-refractivity contribution in [1.29, 1.82) is 0 Å². The van der Waals surface area contributed by atoms with E-state index < -0.39 is 0 Å². The van der Waals surface area contributed by atoms with Gasteiger partial charge in [-0.2, -0.15) is 0 Å². The normalized spacial score (nSPS) is 25.7. The summed E-state index contributed by atoms with van der Waals surface area (Å²) in [5, 5.41) is 0. The molecule has 29 heavy (non-hydrogen) atoms. The van der Waals surface area contributed by atoms with Crippen LogP contribution in [0.2, 0.25) is 0 Å². The Balaban J connectivity index is 1.29. The van der Waals surface area contributed by atoms with Crippen LogP contribution < -0.4 is 0 Å². The van der Waals surface area contributed by atoms with Crippen molar-refractivity contribution in [1.82, 2.24) is 14.7 Å². The first-order valence-electron chi connectivity index (χ1n) is 11.6. The molecule has 5 heteroatoms. The van der Waals surface area contributed by atoms with Gasteiger partial charge in [-0.1, -0.05) is 24.3 Å². The zero-order valence-corrected chi connectivity index (χ0v) is 17.4. The zero-order chi connectivity index (χ0) is 19.8. The minimum absolute atomic E-state index is 0.147. The number of piperidine rings is 1. The van der Waals surface area contributed by atoms with Gasteiger partial charge in [0.2, 0.25) is 5.91 Å². The molecule has 0 saturated carbocycles. The molecule has 1 aromatic carbocycles. The SMILES string of the molecule is O=C(C[C@H]1CC2(CCN(C(=O)N3CCCC3)CC2)c2ccccc21)N1CCCC1. The maximum atomic E-state index is 12.8. The van der Waals surface area contributed by atoms with Gasteiger partial charge in [0.15, 0.2) is 0 Å². The molecule has 5 nitrogen and oxygen atoms in total. The van der Waals surface area contributed by atoms with Gasteiger partial charge >= 0.3 is 6.03 Å². The van der Waals surface area contributed by atoms with Gasteiger partial charge in [-0.3, -0.25) is 4.79 Å². The van der Waals surface area contributed by atoms with Gasteiger partial charge < -0.3 is 14.7 Å². The number of urea groups is 1. The van der Waals surface area contributed by atoms with E-state index in [1.807, 2.05) is 4.90 Å². The van der Waals surface area contributed by atoms with Crippen molar-refractivity contribution < 1.29 is 9.59 Å². The molecule has 1 atom stereocenters. The number of hydrogen-bond acceptors (Lipinski definition) is 2. The van der Waals surface area contributed by atoms with Gasteiger partial charge in [0.1, 0.15) is 0 Å². The molecule has 0 N–H and O–H groups in total. The Morgan fingerprint density at radius 3 is 2.10 bits per heavy atom. The summed E-state index contributed by atoms with van der Waals surface area (Å²) >= 11 is 0. The van der Waals surface area contributed by atoms with Crippen molar-refractivity contribution >= 4 is 11.9 Å². The Bertz CT molecular complexity index is 772. The third-order valence-corrected chi connectivity index (χ3v) is 7.86. The predicted octanol–water partition coefficient (Wildman–Crippen LogP) is 3.74. The molecule has 4 aliphatic rings. The second kappa shape index (κ2) is 7.66. The van der Waals surface area contributed by atoms with Crippen LogP contribution in [0.4, 0.5) is 4.79 Å². The summed E-state index contributed by atoms with van der Waals surface area (Å²) in [6.07, 6.45) is 8.35. The van der Waals surface area contributed by atoms with Gasteiger partial charge in [0.05, 0.1) is 0 Å². The summed E-state index contributed by atoms with van der Waals surface area (Å²) < 4.78 is 0. The molecule has 1 aromatic rings. The number of rotatable bonds is 2. The molecule has 1 aliphatic carbocycles. The van der Waals surface area contributed by atoms with Gasteiger partial charge in [-0.15, -0.1) is 0 Å². The summed E-state index contributed by atoms with van der Waals surface area (Å²) in [5.74, 6) is 0.668. The van der Waals surface area contributed by atoms with Crippen molar-refractivity contribution in [2.75, 3.05) is 39.3 Å². The Kier molecular flexibility index (Phi) is 5.00. The van der Waals surface area contributed by atoms with Crippen LogP contribution in [0.5, 0.6) is 0 Å². The maximum absolute atomic E-state index is 12.8. The number of amides is 3. The first-order valence-corrected chi connectivity index (χ1v) is 11.6. The van der Waals surface area contributed by atoms with E-state index in [2.05, 4.69) is 34.1 Å². The molecule has 0 unspecified atom stereocenters. The highest BCUT2D eigenvalue weighted by Crippen LogP contribution is 2.52. The van der Waals surface area contributed by atoms with Crippen molar-refractivity contribution in [2.24, 2.45) is 0 Å². The standard InChI is InChI=1S/C24H33N3O2/c28-22(25-11-3-4-12-25)17-19-18-24(21-8-2-1-7-20(19)21)9-15-27(16-10-24)23(29)26-13-5-6-14-26/h1-2,7-8,19H,3-6,9-18H2/t19-/m0/s1. The average Bonchev–Trinajstić information content (AvgIpc) is 3.51. The van der Waals surface area contributed by atoms with E-state index in [-0.39, 0.29) is 11.4 Å². The Labute approximate surface area is 174 Å². The van der Waals surface area contributed by atoms with E-state index in [1.165, 1.54) is 11.1 Å². The first-order chi connectivity index (χ1) is 14.2. The van der Waals surface area contributed by atoms with Crippen molar-refractivity contribution in [3.63, 3.8) is 0 Å². The molecule has 3 saturated heterocycles. The van der Waals surface area contributed by atoms with Gasteiger partial charge in [-0.25, -0.2) is 4.79 Å². The monoisotopic (exact) mass is 395 g/mol. The summed E-state index contributed by atoms with van der Waals surface area (Å²) in [7, 11) is 0. The van der Waals surface area contributed by atoms with E-state index in [4.69, 9.17) is 0 Å². The fraction of sp³-hybridized carbons (Fsp3) is 0.667. The smallest absolute Gasteiger partial charge is 0.319 e. The minimum atomic E-state index is 0.147. The second-order valence-corrected chi connectivity index (χ2v) is 9.52. The molecule has 0 aromatic heterocycles. The largest absolute Gasteiger partial charge is 0.343 e. The third kappa shape index (κ3) is 3.43. The highest BCUT2D eigenvalue weighted by molar-refractivity contribution is 5.78. The molecule has 3 fully saturated rings. The van der Waals surface area contributed by atoms with Crippen LogP contribution in [0.3, 0.4) is 0 Å². The van der Waals surface area contributed by atoms with Gasteiger partial charge in [-0.05, 0) is 67.4 Å². The fourth-order valence-corrected chi connectivity index (χ4v) is 6.22. The van der Waals surface area contributed by atoms with Crippen molar-refractivity contribution in [3.8, 4) is 0 Å². The molecule has 5 rings (SSSR count). The van der Waals surface area contributed by atoms with E-state index in [0.29, 0.717) is 18.2 Å². The summed E-state index contributed by atoms with van der Waals surface area (Å²) in [6.45, 7) is 5.40. The lowest BCUT2D eigenvalue weighted by molar-refractivity contribution is -0.130. The molecule has 3 heterocycles. The minimum Gasteiger partial charge on any atom is -0.343 e. The highest BCUT2D eigenvalue weighted by Gasteiger charge is 2.46. The lowest BCUT2D eigenvalue weighted by Gasteiger charge is -2.41. The molecule has 1 spiro atoms. The van der Waals surface area contributed by atoms with Gasteiger partial charge in [0.25, 0.3) is 0 Å². The number of benzene rings is 1. The lowest BCUT2D eigenvalue weighted by atomic mass is 9.73. The Morgan fingerprint density at radius 2 is 1.41 bits per heavy atom. The third-order valence-electron chi connectivity index (χ3n) is 7.86. The van der Waals surface area contributed by atoms with Crippen LogP contribution in [0, 0.1) is 0 Å². The van der Waals surface area contributed by atoms with Crippen LogP contribution >= 0.6 is 0 Å². The molecular formula is C24H33N3O2. The van der Waals surface area contributed by atoms with Gasteiger partial charge in [0, 0.05) is 45.7 Å². The van der Waals surface area contributed by atoms with E-state index in [9.17, 15) is 9.59 Å². The zero-order valence-electron chi connectivity index (χ0n) is 17.4. The number of carbonyl (C=O) groups excluding carboxylic acids is 2. The van der Waals surface area contributed by atoms with E-state index in [0.717, 1.165) is 84.2 Å². The molecule has 0 bridgehead atoms. The highest BCUT2D eigenvalue weighted by atomic mass is 16.2. The predicted molar refractivity (Wildman–Crippen MR) is 113 cm³/mol. The van der Waals surface area contributed by atoms with Crippen molar-refractivity contribution in [3.05, 3.63) is 35.4 Å². The Hall–Kier alpha value is -2.04. The van der Waals surface area contributed by atoms with Crippen LogP contribution in [-0.2, 0) is 10.2 Å². The van der Waals surface area contributed by atoms with E-state index in [1.54, 1.807) is 0 Å². The van der Waals surface area contributed by atoms with Crippen LogP contribution in [0.15, 0.2) is 24.3 Å². The van der Waals surface area contributed by atoms with Crippen LogP contribution in [0.25, 0.3) is 0 Å². The quantitative estimate of drug-likeness (QED) is 0.766. The average molecular weight is 396 g/mol. The number of carbonyl (C=O) groups is 2. The molecular weight excluding hydrogens is 362 g/mol. The van der Waals surface area contributed by atoms with Crippen molar-refractivity contribution in [2.45, 2.75) is 62.7 Å². The number of nitrogens with zero attached hydrogens (tertiary/aromatic N) is 3. The summed E-state index contributed by atoms with van der Waals surface area (Å²) in [5.41, 5.74) is 2.99. The summed E-state index contributed by atoms with van der Waals surface area (Å²) in [6, 6.07) is 9.04. The molecule has 156 valence electrons. The maximum Gasteiger partial charge on any atom is 0.319 e. The van der Waals surface area contributed by atoms with E-state index >= 15 is 0 Å². The van der Waals surface area contributed by atoms with Crippen LogP contribution in [-0.4, -0.2) is 65.9 Å². The molecule has 3 amide bonds. The molecule has 3 aliphatic heterocycles. The van der Waals surface area contributed by atoms with Crippen LogP contribution in [0.1, 0.15) is 68.4 Å². The lowest BCUT2D eigenvalue weighted by Crippen LogP contribution is -2.49. The first kappa shape index (κ1) is 19.0. The Morgan fingerprint density at radius 1 is 0.828 bits per heavy atom.